The number of aliphatic carboxylic acids is 2. The van der Waals surface area contributed by atoms with Crippen LogP contribution in [0.5, 0.6) is 0 Å². The molecule has 2 amide bonds. The van der Waals surface area contributed by atoms with Gasteiger partial charge in [0.15, 0.2) is 0 Å². The smallest absolute Gasteiger partial charge is 0.322 e. The first-order chi connectivity index (χ1) is 14.6. The number of carbonyl (C=O) groups is 5. The SMILES string of the molecule is CCCCC[C@H](O)[C@H](CC=O)SC[C@H](NC(=O)CC[C@H](N)C(=O)O)C(=O)NCC(=O)O. The van der Waals surface area contributed by atoms with Crippen LogP contribution in [-0.4, -0.2) is 81.1 Å². The average molecular weight is 464 g/mol. The lowest BCUT2D eigenvalue weighted by atomic mass is 10.1. The van der Waals surface area contributed by atoms with Crippen LogP contribution in [-0.2, 0) is 24.0 Å². The molecule has 0 unspecified atom stereocenters. The Morgan fingerprint density at radius 3 is 2.35 bits per heavy atom. The van der Waals surface area contributed by atoms with Crippen LogP contribution in [0.3, 0.4) is 0 Å². The van der Waals surface area contributed by atoms with Gasteiger partial charge in [-0.05, 0) is 12.8 Å². The van der Waals surface area contributed by atoms with Gasteiger partial charge in [0.25, 0.3) is 0 Å². The van der Waals surface area contributed by atoms with E-state index in [0.29, 0.717) is 12.7 Å². The highest BCUT2D eigenvalue weighted by atomic mass is 32.2. The van der Waals surface area contributed by atoms with Gasteiger partial charge in [0, 0.05) is 23.8 Å². The maximum Gasteiger partial charge on any atom is 0.322 e. The molecule has 0 fully saturated rings. The Kier molecular flexibility index (Phi) is 15.3. The molecule has 0 bridgehead atoms. The second-order valence-electron chi connectivity index (χ2n) is 7.05. The number of aliphatic hydroxyl groups excluding tert-OH is 1. The summed E-state index contributed by atoms with van der Waals surface area (Å²) in [6, 6.07) is -2.36. The third-order valence-corrected chi connectivity index (χ3v) is 5.86. The highest BCUT2D eigenvalue weighted by Crippen LogP contribution is 2.22. The van der Waals surface area contributed by atoms with Crippen molar-refractivity contribution in [3.05, 3.63) is 0 Å². The predicted octanol–water partition coefficient (Wildman–Crippen LogP) is -0.504. The number of amides is 2. The molecule has 0 aliphatic carbocycles. The molecule has 0 spiro atoms. The zero-order valence-electron chi connectivity index (χ0n) is 17.6. The van der Waals surface area contributed by atoms with Crippen molar-refractivity contribution in [2.24, 2.45) is 5.73 Å². The number of carboxylic acid groups (broad SMARTS) is 2. The predicted molar refractivity (Wildman–Crippen MR) is 114 cm³/mol. The Bertz CT molecular complexity index is 605. The third-order valence-electron chi connectivity index (χ3n) is 4.40. The van der Waals surface area contributed by atoms with Crippen molar-refractivity contribution in [3.8, 4) is 0 Å². The standard InChI is InChI=1S/C19H33N3O8S/c1-2-3-4-5-14(24)15(8-9-23)31-11-13(18(28)21-10-17(26)27)22-16(25)7-6-12(20)19(29)30/h9,12-15,24H,2-8,10-11,20H2,1H3,(H,21,28)(H,22,25)(H,26,27)(H,29,30)/t12-,13-,14-,15-/m0/s1. The number of thioether (sulfide) groups is 1. The van der Waals surface area contributed by atoms with E-state index in [-0.39, 0.29) is 25.0 Å². The van der Waals surface area contributed by atoms with Gasteiger partial charge < -0.3 is 36.5 Å². The number of aldehydes is 1. The normalized spacial score (nSPS) is 14.7. The van der Waals surface area contributed by atoms with Crippen molar-refractivity contribution in [1.82, 2.24) is 10.6 Å². The van der Waals surface area contributed by atoms with Gasteiger partial charge >= 0.3 is 11.9 Å². The minimum atomic E-state index is -1.26. The number of nitrogens with one attached hydrogen (secondary N) is 2. The van der Waals surface area contributed by atoms with Crippen LogP contribution in [0.15, 0.2) is 0 Å². The summed E-state index contributed by atoms with van der Waals surface area (Å²) in [5.41, 5.74) is 5.36. The first kappa shape index (κ1) is 28.8. The number of hydrogen-bond donors (Lipinski definition) is 6. The van der Waals surface area contributed by atoms with E-state index in [0.717, 1.165) is 31.0 Å². The molecule has 0 saturated heterocycles. The van der Waals surface area contributed by atoms with Crippen LogP contribution in [0.4, 0.5) is 0 Å². The fourth-order valence-electron chi connectivity index (χ4n) is 2.59. The van der Waals surface area contributed by atoms with E-state index in [1.165, 1.54) is 0 Å². The van der Waals surface area contributed by atoms with Crippen LogP contribution in [0.25, 0.3) is 0 Å². The second kappa shape index (κ2) is 16.5. The summed E-state index contributed by atoms with van der Waals surface area (Å²) < 4.78 is 0. The number of unbranched alkanes of at least 4 members (excludes halogenated alkanes) is 2. The molecule has 0 aliphatic rings. The average Bonchev–Trinajstić information content (AvgIpc) is 2.71. The minimum Gasteiger partial charge on any atom is -0.480 e. The lowest BCUT2D eigenvalue weighted by molar-refractivity contribution is -0.139. The Morgan fingerprint density at radius 2 is 1.81 bits per heavy atom. The van der Waals surface area contributed by atoms with Crippen molar-refractivity contribution in [2.75, 3.05) is 12.3 Å². The monoisotopic (exact) mass is 463 g/mol. The molecule has 178 valence electrons. The second-order valence-corrected chi connectivity index (χ2v) is 8.32. The zero-order chi connectivity index (χ0) is 23.8. The van der Waals surface area contributed by atoms with Crippen LogP contribution in [0, 0.1) is 0 Å². The molecule has 0 saturated carbocycles. The quantitative estimate of drug-likeness (QED) is 0.114. The van der Waals surface area contributed by atoms with Gasteiger partial charge in [-0.15, -0.1) is 0 Å². The number of carboxylic acids is 2. The van der Waals surface area contributed by atoms with E-state index in [2.05, 4.69) is 10.6 Å². The fraction of sp³-hybridized carbons (Fsp3) is 0.737. The molecular formula is C19H33N3O8S. The maximum atomic E-state index is 12.3. The van der Waals surface area contributed by atoms with Gasteiger partial charge in [-0.1, -0.05) is 26.2 Å². The first-order valence-corrected chi connectivity index (χ1v) is 11.2. The van der Waals surface area contributed by atoms with Crippen LogP contribution in [0.1, 0.15) is 51.9 Å². The van der Waals surface area contributed by atoms with Gasteiger partial charge in [-0.25, -0.2) is 0 Å². The van der Waals surface area contributed by atoms with E-state index in [1.807, 2.05) is 6.92 Å². The maximum absolute atomic E-state index is 12.3. The Labute approximate surface area is 185 Å². The van der Waals surface area contributed by atoms with Gasteiger partial charge in [0.1, 0.15) is 24.9 Å². The molecule has 0 heterocycles. The van der Waals surface area contributed by atoms with E-state index in [4.69, 9.17) is 15.9 Å². The molecule has 11 nitrogen and oxygen atoms in total. The molecule has 0 aromatic heterocycles. The van der Waals surface area contributed by atoms with Crippen molar-refractivity contribution in [2.45, 2.75) is 75.3 Å². The summed E-state index contributed by atoms with van der Waals surface area (Å²) in [4.78, 5) is 56.9. The van der Waals surface area contributed by atoms with Crippen molar-refractivity contribution in [1.29, 1.82) is 0 Å². The summed E-state index contributed by atoms with van der Waals surface area (Å²) >= 11 is 1.13. The minimum absolute atomic E-state index is 0.00841. The zero-order valence-corrected chi connectivity index (χ0v) is 18.4. The lowest BCUT2D eigenvalue weighted by Gasteiger charge is -2.24. The number of aliphatic hydroxyl groups is 1. The summed E-state index contributed by atoms with van der Waals surface area (Å²) in [7, 11) is 0. The number of rotatable bonds is 18. The van der Waals surface area contributed by atoms with Crippen LogP contribution >= 0.6 is 11.8 Å². The molecule has 0 aliphatic heterocycles. The Morgan fingerprint density at radius 1 is 1.13 bits per heavy atom. The molecule has 0 aromatic carbocycles. The molecular weight excluding hydrogens is 430 g/mol. The van der Waals surface area contributed by atoms with Gasteiger partial charge in [0.2, 0.25) is 11.8 Å². The van der Waals surface area contributed by atoms with Crippen molar-refractivity contribution >= 4 is 41.8 Å². The van der Waals surface area contributed by atoms with Gasteiger partial charge in [0.05, 0.1) is 6.10 Å². The van der Waals surface area contributed by atoms with E-state index in [9.17, 15) is 29.1 Å². The van der Waals surface area contributed by atoms with E-state index in [1.54, 1.807) is 0 Å². The number of nitrogens with two attached hydrogens (primary N) is 1. The lowest BCUT2D eigenvalue weighted by Crippen LogP contribution is -2.50. The largest absolute Gasteiger partial charge is 0.480 e. The Balaban J connectivity index is 5.02. The van der Waals surface area contributed by atoms with Crippen molar-refractivity contribution in [3.63, 3.8) is 0 Å². The summed E-state index contributed by atoms with van der Waals surface area (Å²) in [5.74, 6) is -3.89. The third kappa shape index (κ3) is 13.7. The summed E-state index contributed by atoms with van der Waals surface area (Å²) in [5, 5.41) is 32.0. The first-order valence-electron chi connectivity index (χ1n) is 10.1. The van der Waals surface area contributed by atoms with E-state index >= 15 is 0 Å². The molecule has 0 rings (SSSR count). The van der Waals surface area contributed by atoms with Crippen LogP contribution < -0.4 is 16.4 Å². The summed E-state index contributed by atoms with van der Waals surface area (Å²) in [6.45, 7) is 1.38. The Hall–Kier alpha value is -2.18. The fourth-order valence-corrected chi connectivity index (χ4v) is 3.83. The molecule has 7 N–H and O–H groups in total. The topological polar surface area (TPSA) is 196 Å². The van der Waals surface area contributed by atoms with Crippen molar-refractivity contribution < 1.29 is 39.3 Å². The molecule has 31 heavy (non-hydrogen) atoms. The molecule has 4 atom stereocenters. The van der Waals surface area contributed by atoms with E-state index < -0.39 is 53.7 Å². The molecule has 0 aromatic rings. The summed E-state index contributed by atoms with van der Waals surface area (Å²) in [6.07, 6.45) is 2.78. The van der Waals surface area contributed by atoms with Gasteiger partial charge in [-0.3, -0.25) is 19.2 Å². The van der Waals surface area contributed by atoms with Crippen LogP contribution in [0.2, 0.25) is 0 Å². The molecule has 12 heteroatoms. The number of carbonyl (C=O) groups excluding carboxylic acids is 3. The molecule has 0 radical (unpaired) electrons. The number of hydrogen-bond acceptors (Lipinski definition) is 8. The van der Waals surface area contributed by atoms with Gasteiger partial charge in [-0.2, -0.15) is 11.8 Å². The highest BCUT2D eigenvalue weighted by Gasteiger charge is 2.26. The highest BCUT2D eigenvalue weighted by molar-refractivity contribution is 8.00.